The molecule has 0 atom stereocenters. The Morgan fingerprint density at radius 2 is 2.11 bits per heavy atom. The number of nitrogens with zero attached hydrogens (tertiary/aromatic N) is 3. The zero-order valence-electron chi connectivity index (χ0n) is 10.2. The maximum Gasteiger partial charge on any atom is 0.161 e. The molecule has 0 aliphatic rings. The van der Waals surface area contributed by atoms with Gasteiger partial charge >= 0.3 is 0 Å². The quantitative estimate of drug-likeness (QED) is 0.637. The van der Waals surface area contributed by atoms with Crippen molar-refractivity contribution in [3.63, 3.8) is 0 Å². The second-order valence-electron chi connectivity index (χ2n) is 4.34. The molecule has 0 fully saturated rings. The van der Waals surface area contributed by atoms with Crippen LogP contribution in [0.2, 0.25) is 0 Å². The van der Waals surface area contributed by atoms with Gasteiger partial charge in [0.05, 0.1) is 16.9 Å². The minimum Gasteiger partial charge on any atom is -0.396 e. The van der Waals surface area contributed by atoms with Gasteiger partial charge in [-0.05, 0) is 12.1 Å². The predicted molar refractivity (Wildman–Crippen MR) is 72.4 cm³/mol. The van der Waals surface area contributed by atoms with Gasteiger partial charge in [-0.1, -0.05) is 6.07 Å². The number of anilines is 2. The molecule has 2 aromatic heterocycles. The molecule has 0 amide bonds. The van der Waals surface area contributed by atoms with Crippen LogP contribution in [0.15, 0.2) is 24.4 Å². The highest BCUT2D eigenvalue weighted by molar-refractivity contribution is 5.91. The van der Waals surface area contributed by atoms with Crippen molar-refractivity contribution in [1.82, 2.24) is 20.2 Å². The Labute approximate surface area is 104 Å². The lowest BCUT2D eigenvalue weighted by atomic mass is 10.2. The first-order valence-corrected chi connectivity index (χ1v) is 5.62. The molecule has 3 aromatic rings. The molecule has 6 nitrogen and oxygen atoms in total. The maximum absolute atomic E-state index is 5.83. The Bertz CT molecular complexity index is 693. The number of para-hydroxylation sites is 1. The highest BCUT2D eigenvalue weighted by Crippen LogP contribution is 2.28. The smallest absolute Gasteiger partial charge is 0.161 e. The minimum absolute atomic E-state index is 0.584. The third-order valence-electron chi connectivity index (χ3n) is 2.87. The molecule has 92 valence electrons. The van der Waals surface area contributed by atoms with Crippen LogP contribution in [0.4, 0.5) is 11.4 Å². The molecule has 0 bridgehead atoms. The molecule has 6 heteroatoms. The maximum atomic E-state index is 5.83. The SMILES string of the molecule is CN(C)c1cccc2[nH]c(-c3n[nH]cc3N)nc12. The van der Waals surface area contributed by atoms with Gasteiger partial charge in [0, 0.05) is 20.3 Å². The van der Waals surface area contributed by atoms with E-state index in [0.29, 0.717) is 17.2 Å². The summed E-state index contributed by atoms with van der Waals surface area (Å²) in [5, 5.41) is 6.83. The van der Waals surface area contributed by atoms with Crippen LogP contribution in [0.3, 0.4) is 0 Å². The molecule has 18 heavy (non-hydrogen) atoms. The third-order valence-corrected chi connectivity index (χ3v) is 2.87. The molecule has 0 saturated carbocycles. The van der Waals surface area contributed by atoms with Crippen molar-refractivity contribution in [2.75, 3.05) is 24.7 Å². The number of H-pyrrole nitrogens is 2. The lowest BCUT2D eigenvalue weighted by Gasteiger charge is -2.11. The lowest BCUT2D eigenvalue weighted by Crippen LogP contribution is -2.08. The molecule has 0 radical (unpaired) electrons. The van der Waals surface area contributed by atoms with Crippen LogP contribution < -0.4 is 10.6 Å². The monoisotopic (exact) mass is 242 g/mol. The summed E-state index contributed by atoms with van der Waals surface area (Å²) in [6.45, 7) is 0. The average molecular weight is 242 g/mol. The van der Waals surface area contributed by atoms with Crippen molar-refractivity contribution < 1.29 is 0 Å². The summed E-state index contributed by atoms with van der Waals surface area (Å²) in [5.74, 6) is 0.679. The van der Waals surface area contributed by atoms with Crippen molar-refractivity contribution in [2.24, 2.45) is 0 Å². The Hall–Kier alpha value is -2.50. The van der Waals surface area contributed by atoms with Crippen molar-refractivity contribution in [1.29, 1.82) is 0 Å². The van der Waals surface area contributed by atoms with Gasteiger partial charge in [0.2, 0.25) is 0 Å². The van der Waals surface area contributed by atoms with Gasteiger partial charge in [-0.15, -0.1) is 0 Å². The molecular formula is C12H14N6. The van der Waals surface area contributed by atoms with E-state index in [4.69, 9.17) is 5.73 Å². The number of nitrogen functional groups attached to an aromatic ring is 1. The number of imidazole rings is 1. The van der Waals surface area contributed by atoms with E-state index >= 15 is 0 Å². The number of hydrogen-bond donors (Lipinski definition) is 3. The molecule has 0 unspecified atom stereocenters. The molecule has 0 spiro atoms. The third kappa shape index (κ3) is 1.50. The predicted octanol–water partition coefficient (Wildman–Crippen LogP) is 1.60. The van der Waals surface area contributed by atoms with Crippen LogP contribution in [-0.2, 0) is 0 Å². The number of nitrogens with one attached hydrogen (secondary N) is 2. The van der Waals surface area contributed by atoms with E-state index in [9.17, 15) is 0 Å². The van der Waals surface area contributed by atoms with E-state index in [1.54, 1.807) is 6.20 Å². The van der Waals surface area contributed by atoms with Gasteiger partial charge in [0.25, 0.3) is 0 Å². The number of fused-ring (bicyclic) bond motifs is 1. The molecule has 0 saturated heterocycles. The average Bonchev–Trinajstić information content (AvgIpc) is 2.92. The normalized spacial score (nSPS) is 11.0. The van der Waals surface area contributed by atoms with Crippen LogP contribution in [0.1, 0.15) is 0 Å². The van der Waals surface area contributed by atoms with Gasteiger partial charge in [-0.25, -0.2) is 4.98 Å². The van der Waals surface area contributed by atoms with Gasteiger partial charge in [-0.3, -0.25) is 5.10 Å². The Balaban J connectivity index is 2.23. The van der Waals surface area contributed by atoms with Gasteiger partial charge in [0.1, 0.15) is 5.52 Å². The van der Waals surface area contributed by atoms with E-state index in [0.717, 1.165) is 16.7 Å². The molecule has 0 aliphatic heterocycles. The fourth-order valence-corrected chi connectivity index (χ4v) is 1.98. The van der Waals surface area contributed by atoms with E-state index in [1.165, 1.54) is 0 Å². The van der Waals surface area contributed by atoms with E-state index < -0.39 is 0 Å². The second-order valence-corrected chi connectivity index (χ2v) is 4.34. The van der Waals surface area contributed by atoms with Crippen molar-refractivity contribution in [2.45, 2.75) is 0 Å². The van der Waals surface area contributed by atoms with Crippen LogP contribution in [0.25, 0.3) is 22.6 Å². The summed E-state index contributed by atoms with van der Waals surface area (Å²) < 4.78 is 0. The fraction of sp³-hybridized carbons (Fsp3) is 0.167. The summed E-state index contributed by atoms with van der Waals surface area (Å²) in [6.07, 6.45) is 1.65. The highest BCUT2D eigenvalue weighted by Gasteiger charge is 2.13. The standard InChI is InChI=1S/C12H14N6/c1-18(2)9-5-3-4-8-11(9)16-12(15-8)10-7(13)6-14-17-10/h3-6H,13H2,1-2H3,(H,14,17)(H,15,16). The summed E-state index contributed by atoms with van der Waals surface area (Å²) in [7, 11) is 3.98. The molecule has 1 aromatic carbocycles. The highest BCUT2D eigenvalue weighted by atomic mass is 15.1. The summed E-state index contributed by atoms with van der Waals surface area (Å²) in [5.41, 5.74) is 10.0. The minimum atomic E-state index is 0.584. The Morgan fingerprint density at radius 1 is 1.28 bits per heavy atom. The van der Waals surface area contributed by atoms with E-state index in [1.807, 2.05) is 37.2 Å². The first kappa shape index (κ1) is 10.6. The van der Waals surface area contributed by atoms with Crippen molar-refractivity contribution in [3.8, 4) is 11.5 Å². The van der Waals surface area contributed by atoms with Crippen LogP contribution in [-0.4, -0.2) is 34.3 Å². The zero-order valence-corrected chi connectivity index (χ0v) is 10.2. The summed E-state index contributed by atoms with van der Waals surface area (Å²) >= 11 is 0. The first-order valence-electron chi connectivity index (χ1n) is 5.62. The van der Waals surface area contributed by atoms with Crippen molar-refractivity contribution in [3.05, 3.63) is 24.4 Å². The number of aromatic nitrogens is 4. The second kappa shape index (κ2) is 3.76. The number of nitrogens with two attached hydrogens (primary N) is 1. The topological polar surface area (TPSA) is 86.6 Å². The number of rotatable bonds is 2. The zero-order chi connectivity index (χ0) is 12.7. The molecule has 2 heterocycles. The van der Waals surface area contributed by atoms with Gasteiger partial charge in [-0.2, -0.15) is 5.10 Å². The van der Waals surface area contributed by atoms with Gasteiger partial charge < -0.3 is 15.6 Å². The number of aromatic amines is 2. The number of hydrogen-bond acceptors (Lipinski definition) is 4. The van der Waals surface area contributed by atoms with Crippen LogP contribution >= 0.6 is 0 Å². The van der Waals surface area contributed by atoms with Crippen LogP contribution in [0, 0.1) is 0 Å². The van der Waals surface area contributed by atoms with Crippen LogP contribution in [0.5, 0.6) is 0 Å². The fourth-order valence-electron chi connectivity index (χ4n) is 1.98. The summed E-state index contributed by atoms with van der Waals surface area (Å²) in [6, 6.07) is 6.01. The first-order chi connectivity index (χ1) is 8.66. The molecule has 4 N–H and O–H groups in total. The van der Waals surface area contributed by atoms with Crippen molar-refractivity contribution >= 4 is 22.4 Å². The molecule has 0 aliphatic carbocycles. The number of benzene rings is 1. The molecular weight excluding hydrogens is 228 g/mol. The largest absolute Gasteiger partial charge is 0.396 e. The Morgan fingerprint density at radius 3 is 2.78 bits per heavy atom. The van der Waals surface area contributed by atoms with E-state index in [-0.39, 0.29) is 0 Å². The van der Waals surface area contributed by atoms with E-state index in [2.05, 4.69) is 20.2 Å². The van der Waals surface area contributed by atoms with Gasteiger partial charge in [0.15, 0.2) is 11.5 Å². The summed E-state index contributed by atoms with van der Waals surface area (Å²) in [4.78, 5) is 9.84. The lowest BCUT2D eigenvalue weighted by molar-refractivity contribution is 1.08. The molecule has 3 rings (SSSR count). The Kier molecular flexibility index (Phi) is 2.22.